The monoisotopic (exact) mass is 214 g/mol. The van der Waals surface area contributed by atoms with E-state index in [0.717, 1.165) is 6.07 Å². The third kappa shape index (κ3) is 1.44. The largest absolute Gasteiger partial charge is 0.293 e. The second-order valence-corrected chi connectivity index (χ2v) is 4.02. The van der Waals surface area contributed by atoms with Crippen LogP contribution in [0.25, 0.3) is 0 Å². The van der Waals surface area contributed by atoms with Crippen LogP contribution in [0.3, 0.4) is 0 Å². The van der Waals surface area contributed by atoms with Crippen molar-refractivity contribution in [1.29, 1.82) is 0 Å². The maximum Gasteiger partial charge on any atom is 0.174 e. The zero-order valence-electron chi connectivity index (χ0n) is 8.06. The Morgan fingerprint density at radius 2 is 2.07 bits per heavy atom. The third-order valence-corrected chi connectivity index (χ3v) is 2.85. The van der Waals surface area contributed by atoms with E-state index in [-0.39, 0.29) is 12.0 Å². The first-order chi connectivity index (χ1) is 6.97. The van der Waals surface area contributed by atoms with Crippen LogP contribution < -0.4 is 0 Å². The van der Waals surface area contributed by atoms with Crippen LogP contribution in [0.5, 0.6) is 0 Å². The van der Waals surface area contributed by atoms with E-state index in [1.807, 2.05) is 0 Å². The fraction of sp³-hybridized carbons (Fsp3) is 0.364. The molecule has 1 aromatic rings. The molecule has 2 unspecified atom stereocenters. The highest BCUT2D eigenvalue weighted by molar-refractivity contribution is 6.03. The van der Waals surface area contributed by atoms with Gasteiger partial charge in [0.2, 0.25) is 0 Å². The van der Waals surface area contributed by atoms with Crippen molar-refractivity contribution in [3.05, 3.63) is 35.4 Å². The molecule has 1 nitrogen and oxygen atoms in total. The smallest absolute Gasteiger partial charge is 0.174 e. The van der Waals surface area contributed by atoms with Crippen LogP contribution in [0.15, 0.2) is 18.2 Å². The summed E-state index contributed by atoms with van der Waals surface area (Å²) >= 11 is 0. The number of Topliss-reactive ketones (excluding diaryl/α,β-unsaturated/α-hetero) is 1. The van der Waals surface area contributed by atoms with Gasteiger partial charge in [0.15, 0.2) is 17.4 Å². The summed E-state index contributed by atoms with van der Waals surface area (Å²) < 4.78 is 38.9. The molecule has 1 fully saturated rings. The molecular weight excluding hydrogens is 205 g/mol. The number of alkyl halides is 1. The molecule has 0 bridgehead atoms. The normalized spacial score (nSPS) is 28.9. The van der Waals surface area contributed by atoms with Crippen LogP contribution in [0.1, 0.15) is 23.7 Å². The van der Waals surface area contributed by atoms with Crippen molar-refractivity contribution in [3.8, 4) is 0 Å². The van der Waals surface area contributed by atoms with Crippen LogP contribution in [0.4, 0.5) is 13.2 Å². The van der Waals surface area contributed by atoms with Crippen LogP contribution in [0.2, 0.25) is 0 Å². The molecule has 2 rings (SSSR count). The molecule has 80 valence electrons. The number of halogens is 3. The Hall–Kier alpha value is -1.32. The van der Waals surface area contributed by atoms with Crippen molar-refractivity contribution < 1.29 is 18.0 Å². The highest BCUT2D eigenvalue weighted by Gasteiger charge is 2.57. The van der Waals surface area contributed by atoms with E-state index in [2.05, 4.69) is 0 Å². The Balaban J connectivity index is 2.39. The molecule has 15 heavy (non-hydrogen) atoms. The lowest BCUT2D eigenvalue weighted by Crippen LogP contribution is -2.17. The van der Waals surface area contributed by atoms with Crippen molar-refractivity contribution >= 4 is 5.78 Å². The third-order valence-electron chi connectivity index (χ3n) is 2.85. The Morgan fingerprint density at radius 1 is 1.47 bits per heavy atom. The van der Waals surface area contributed by atoms with E-state index in [0.29, 0.717) is 0 Å². The summed E-state index contributed by atoms with van der Waals surface area (Å²) in [6, 6.07) is 3.34. The van der Waals surface area contributed by atoms with Gasteiger partial charge in [-0.25, -0.2) is 13.2 Å². The summed E-state index contributed by atoms with van der Waals surface area (Å²) in [7, 11) is 0. The number of carbonyl (C=O) groups excluding carboxylic acids is 1. The molecule has 1 aromatic carbocycles. The molecule has 0 radical (unpaired) electrons. The lowest BCUT2D eigenvalue weighted by atomic mass is 9.96. The highest BCUT2D eigenvalue weighted by atomic mass is 19.2. The van der Waals surface area contributed by atoms with Crippen molar-refractivity contribution in [3.63, 3.8) is 0 Å². The molecule has 1 aliphatic carbocycles. The van der Waals surface area contributed by atoms with Gasteiger partial charge in [-0.05, 0) is 25.5 Å². The number of hydrogen-bond acceptors (Lipinski definition) is 1. The van der Waals surface area contributed by atoms with E-state index in [9.17, 15) is 18.0 Å². The molecular formula is C11H9F3O. The molecule has 0 N–H and O–H groups in total. The standard InChI is InChI=1S/C11H9F3O/c1-11(5-8(11)13)10(15)6-3-2-4-7(12)9(6)14/h2-4,8H,5H2,1H3. The van der Waals surface area contributed by atoms with Crippen molar-refractivity contribution in [1.82, 2.24) is 0 Å². The van der Waals surface area contributed by atoms with Gasteiger partial charge >= 0.3 is 0 Å². The van der Waals surface area contributed by atoms with Crippen LogP contribution in [0, 0.1) is 17.0 Å². The summed E-state index contributed by atoms with van der Waals surface area (Å²) in [4.78, 5) is 11.7. The average molecular weight is 214 g/mol. The fourth-order valence-corrected chi connectivity index (χ4v) is 1.54. The van der Waals surface area contributed by atoms with Crippen molar-refractivity contribution in [2.24, 2.45) is 5.41 Å². The number of carbonyl (C=O) groups is 1. The minimum absolute atomic E-state index is 0.0851. The van der Waals surface area contributed by atoms with E-state index < -0.39 is 29.0 Å². The second-order valence-electron chi connectivity index (χ2n) is 4.02. The van der Waals surface area contributed by atoms with Gasteiger partial charge in [0.25, 0.3) is 0 Å². The molecule has 0 spiro atoms. The summed E-state index contributed by atoms with van der Waals surface area (Å²) in [5.74, 6) is -2.93. The van der Waals surface area contributed by atoms with Gasteiger partial charge in [-0.1, -0.05) is 6.07 Å². The SMILES string of the molecule is CC1(C(=O)c2cccc(F)c2F)CC1F. The minimum Gasteiger partial charge on any atom is -0.293 e. The Bertz CT molecular complexity index is 430. The second kappa shape index (κ2) is 3.08. The van der Waals surface area contributed by atoms with Crippen LogP contribution in [-0.2, 0) is 0 Å². The molecule has 1 aliphatic rings. The fourth-order valence-electron chi connectivity index (χ4n) is 1.54. The topological polar surface area (TPSA) is 17.1 Å². The first-order valence-corrected chi connectivity index (χ1v) is 4.59. The maximum atomic E-state index is 13.2. The molecule has 1 saturated carbocycles. The van der Waals surface area contributed by atoms with Gasteiger partial charge in [0.1, 0.15) is 6.17 Å². The van der Waals surface area contributed by atoms with Crippen molar-refractivity contribution in [2.75, 3.05) is 0 Å². The number of ketones is 1. The molecule has 0 heterocycles. The molecule has 0 aromatic heterocycles. The Labute approximate surface area is 84.9 Å². The minimum atomic E-state index is -1.24. The molecule has 0 aliphatic heterocycles. The van der Waals surface area contributed by atoms with Crippen molar-refractivity contribution in [2.45, 2.75) is 19.5 Å². The quantitative estimate of drug-likeness (QED) is 0.692. The molecule has 4 heteroatoms. The Kier molecular flexibility index (Phi) is 2.10. The Morgan fingerprint density at radius 3 is 2.60 bits per heavy atom. The summed E-state index contributed by atoms with van der Waals surface area (Å²) in [6.45, 7) is 1.42. The lowest BCUT2D eigenvalue weighted by Gasteiger charge is -2.08. The van der Waals surface area contributed by atoms with Gasteiger partial charge < -0.3 is 0 Å². The molecule has 0 saturated heterocycles. The van der Waals surface area contributed by atoms with Gasteiger partial charge in [-0.2, -0.15) is 0 Å². The molecule has 0 amide bonds. The number of rotatable bonds is 2. The lowest BCUT2D eigenvalue weighted by molar-refractivity contribution is 0.0888. The van der Waals surface area contributed by atoms with Crippen LogP contribution in [-0.4, -0.2) is 12.0 Å². The molecule has 2 atom stereocenters. The zero-order valence-corrected chi connectivity index (χ0v) is 8.06. The predicted molar refractivity (Wildman–Crippen MR) is 48.3 cm³/mol. The van der Waals surface area contributed by atoms with E-state index in [1.54, 1.807) is 0 Å². The van der Waals surface area contributed by atoms with Gasteiger partial charge in [-0.15, -0.1) is 0 Å². The van der Waals surface area contributed by atoms with Crippen LogP contribution >= 0.6 is 0 Å². The van der Waals surface area contributed by atoms with E-state index in [1.165, 1.54) is 19.1 Å². The summed E-state index contributed by atoms with van der Waals surface area (Å²) in [5, 5.41) is 0. The van der Waals surface area contributed by atoms with E-state index in [4.69, 9.17) is 0 Å². The van der Waals surface area contributed by atoms with Gasteiger partial charge in [0, 0.05) is 0 Å². The summed E-state index contributed by atoms with van der Waals surface area (Å²) in [6.07, 6.45) is -1.16. The number of benzene rings is 1. The first-order valence-electron chi connectivity index (χ1n) is 4.59. The highest BCUT2D eigenvalue weighted by Crippen LogP contribution is 2.50. The summed E-state index contributed by atoms with van der Waals surface area (Å²) in [5.41, 5.74) is -1.52. The maximum absolute atomic E-state index is 13.2. The van der Waals surface area contributed by atoms with E-state index >= 15 is 0 Å². The number of hydrogen-bond donors (Lipinski definition) is 0. The average Bonchev–Trinajstić information content (AvgIpc) is 2.80. The predicted octanol–water partition coefficient (Wildman–Crippen LogP) is 2.90. The van der Waals surface area contributed by atoms with Gasteiger partial charge in [0.05, 0.1) is 11.0 Å². The first kappa shape index (κ1) is 10.2. The van der Waals surface area contributed by atoms with Gasteiger partial charge in [-0.3, -0.25) is 4.79 Å². The zero-order chi connectivity index (χ0) is 11.2.